The minimum Gasteiger partial charge on any atom is -0.378 e. The van der Waals surface area contributed by atoms with E-state index < -0.39 is 0 Å². The molecule has 1 aliphatic rings. The zero-order valence-electron chi connectivity index (χ0n) is 22.3. The number of aromatic nitrogens is 7. The van der Waals surface area contributed by atoms with Crippen molar-refractivity contribution in [2.75, 3.05) is 36.9 Å². The van der Waals surface area contributed by atoms with Crippen molar-refractivity contribution < 1.29 is 9.53 Å². The van der Waals surface area contributed by atoms with E-state index in [9.17, 15) is 4.79 Å². The van der Waals surface area contributed by atoms with Crippen LogP contribution in [0.25, 0.3) is 11.0 Å². The van der Waals surface area contributed by atoms with Crippen LogP contribution in [0.15, 0.2) is 30.9 Å². The van der Waals surface area contributed by atoms with Gasteiger partial charge in [0.15, 0.2) is 17.2 Å². The Morgan fingerprint density at radius 1 is 1.18 bits per heavy atom. The van der Waals surface area contributed by atoms with Crippen LogP contribution >= 0.6 is 0 Å². The third-order valence-corrected chi connectivity index (χ3v) is 6.87. The number of ketones is 1. The number of ether oxygens (including phenoxy) is 1. The number of hydrogen-bond donors (Lipinski definition) is 2. The molecule has 0 unspecified atom stereocenters. The molecule has 0 aromatic carbocycles. The highest BCUT2D eigenvalue weighted by atomic mass is 16.5. The van der Waals surface area contributed by atoms with Gasteiger partial charge < -0.3 is 15.4 Å². The molecule has 1 saturated heterocycles. The minimum absolute atomic E-state index is 0.0854. The predicted octanol–water partition coefficient (Wildman–Crippen LogP) is 3.36. The highest BCUT2D eigenvalue weighted by molar-refractivity contribution is 5.97. The number of hydrogen-bond acceptors (Lipinski definition) is 10. The number of nitrogens with one attached hydrogen (secondary N) is 2. The van der Waals surface area contributed by atoms with Crippen LogP contribution in [-0.2, 0) is 18.8 Å². The van der Waals surface area contributed by atoms with E-state index in [1.165, 1.54) is 0 Å². The maximum absolute atomic E-state index is 13.0. The van der Waals surface area contributed by atoms with Gasteiger partial charge in [-0.3, -0.25) is 19.4 Å². The van der Waals surface area contributed by atoms with Gasteiger partial charge >= 0.3 is 0 Å². The Morgan fingerprint density at radius 2 is 2.05 bits per heavy atom. The number of morpholine rings is 1. The molecule has 4 aromatic rings. The predicted molar refractivity (Wildman–Crippen MR) is 145 cm³/mol. The fourth-order valence-corrected chi connectivity index (χ4v) is 4.69. The second-order valence-corrected chi connectivity index (χ2v) is 9.61. The summed E-state index contributed by atoms with van der Waals surface area (Å²) in [6, 6.07) is 2.29. The molecule has 200 valence electrons. The average Bonchev–Trinajstić information content (AvgIpc) is 3.47. The zero-order valence-corrected chi connectivity index (χ0v) is 22.3. The molecule has 4 aromatic heterocycles. The van der Waals surface area contributed by atoms with Crippen molar-refractivity contribution in [1.29, 1.82) is 0 Å². The molecule has 5 heterocycles. The van der Waals surface area contributed by atoms with Crippen LogP contribution in [0.1, 0.15) is 42.2 Å². The average molecular weight is 519 g/mol. The Morgan fingerprint density at radius 3 is 2.84 bits per heavy atom. The Balaban J connectivity index is 1.27. The molecule has 0 amide bonds. The summed E-state index contributed by atoms with van der Waals surface area (Å²) in [6.45, 7) is 7.44. The molecule has 2 N–H and O–H groups in total. The Labute approximate surface area is 221 Å². The third kappa shape index (κ3) is 5.65. The number of fused-ring (bicyclic) bond motifs is 1. The van der Waals surface area contributed by atoms with Crippen LogP contribution in [-0.4, -0.2) is 77.5 Å². The molecule has 1 aliphatic heterocycles. The van der Waals surface area contributed by atoms with E-state index in [0.717, 1.165) is 61.6 Å². The number of Topliss-reactive ketones (excluding diaryl/α,β-unsaturated/α-hetero) is 1. The topological polar surface area (TPSA) is 128 Å². The second-order valence-electron chi connectivity index (χ2n) is 9.61. The van der Waals surface area contributed by atoms with E-state index in [1.54, 1.807) is 28.0 Å². The summed E-state index contributed by atoms with van der Waals surface area (Å²) in [6.07, 6.45) is 9.28. The van der Waals surface area contributed by atoms with Gasteiger partial charge in [-0.05, 0) is 32.4 Å². The number of carbonyl (C=O) groups is 1. The molecule has 12 nitrogen and oxygen atoms in total. The lowest BCUT2D eigenvalue weighted by atomic mass is 10.1. The van der Waals surface area contributed by atoms with Crippen LogP contribution in [0.3, 0.4) is 0 Å². The zero-order chi connectivity index (χ0) is 26.6. The third-order valence-electron chi connectivity index (χ3n) is 6.87. The van der Waals surface area contributed by atoms with Crippen LogP contribution in [0, 0.1) is 6.92 Å². The van der Waals surface area contributed by atoms with Crippen molar-refractivity contribution >= 4 is 40.0 Å². The van der Waals surface area contributed by atoms with Gasteiger partial charge in [-0.1, -0.05) is 6.92 Å². The summed E-state index contributed by atoms with van der Waals surface area (Å²) < 4.78 is 8.99. The number of pyridine rings is 1. The highest BCUT2D eigenvalue weighted by Crippen LogP contribution is 2.27. The number of carbonyl (C=O) groups excluding carboxylic acids is 1. The fourth-order valence-electron chi connectivity index (χ4n) is 4.69. The maximum Gasteiger partial charge on any atom is 0.229 e. The van der Waals surface area contributed by atoms with E-state index in [4.69, 9.17) is 4.74 Å². The van der Waals surface area contributed by atoms with Gasteiger partial charge in [0.05, 0.1) is 41.9 Å². The molecule has 0 aliphatic carbocycles. The smallest absolute Gasteiger partial charge is 0.229 e. The van der Waals surface area contributed by atoms with Crippen molar-refractivity contribution in [1.82, 2.24) is 39.4 Å². The Bertz CT molecular complexity index is 1430. The SMILES string of the molecule is CC[C@H]1COCCN1CCCC(=O)c1cnc(C)c(Nc2nn(C)c3nc(Nc4cnn(C)c4)ncc23)c1. The minimum atomic E-state index is 0.0854. The van der Waals surface area contributed by atoms with Crippen molar-refractivity contribution in [2.45, 2.75) is 39.2 Å². The number of rotatable bonds is 10. The van der Waals surface area contributed by atoms with E-state index in [0.29, 0.717) is 35.4 Å². The van der Waals surface area contributed by atoms with E-state index in [1.807, 2.05) is 33.3 Å². The molecule has 0 spiro atoms. The van der Waals surface area contributed by atoms with E-state index >= 15 is 0 Å². The van der Waals surface area contributed by atoms with Gasteiger partial charge in [-0.2, -0.15) is 15.2 Å². The molecule has 5 rings (SSSR count). The van der Waals surface area contributed by atoms with Crippen molar-refractivity contribution in [2.24, 2.45) is 14.1 Å². The number of nitrogens with zero attached hydrogens (tertiary/aromatic N) is 8. The van der Waals surface area contributed by atoms with Gasteiger partial charge in [0.1, 0.15) is 0 Å². The van der Waals surface area contributed by atoms with Gasteiger partial charge in [-0.25, -0.2) is 9.67 Å². The standard InChI is InChI=1S/C26H34N10O2/c1-5-20-16-38-10-9-36(20)8-6-7-23(37)18-11-22(17(2)27-12-18)31-24-21-14-28-26(32-25(21)35(4)33-24)30-19-13-29-34(3)15-19/h11-15,20H,5-10,16H2,1-4H3,(H,31,33)(H,28,30,32)/t20-/m0/s1. The lowest BCUT2D eigenvalue weighted by Gasteiger charge is -2.34. The molecular formula is C26H34N10O2. The summed E-state index contributed by atoms with van der Waals surface area (Å²) in [5.41, 5.74) is 3.56. The molecule has 1 fully saturated rings. The van der Waals surface area contributed by atoms with E-state index in [2.05, 4.69) is 47.6 Å². The second kappa shape index (κ2) is 11.2. The van der Waals surface area contributed by atoms with Crippen LogP contribution < -0.4 is 10.6 Å². The summed E-state index contributed by atoms with van der Waals surface area (Å²) in [5.74, 6) is 1.14. The van der Waals surface area contributed by atoms with Gasteiger partial charge in [0.25, 0.3) is 0 Å². The molecule has 0 bridgehead atoms. The Hall–Kier alpha value is -3.90. The molecule has 0 saturated carbocycles. The Kier molecular flexibility index (Phi) is 7.61. The first kappa shape index (κ1) is 25.7. The van der Waals surface area contributed by atoms with Crippen molar-refractivity contribution in [3.05, 3.63) is 42.1 Å². The largest absolute Gasteiger partial charge is 0.378 e. The van der Waals surface area contributed by atoms with Gasteiger partial charge in [0.2, 0.25) is 5.95 Å². The van der Waals surface area contributed by atoms with E-state index in [-0.39, 0.29) is 5.78 Å². The van der Waals surface area contributed by atoms with Crippen LogP contribution in [0.2, 0.25) is 0 Å². The van der Waals surface area contributed by atoms with Crippen LogP contribution in [0.5, 0.6) is 0 Å². The number of anilines is 4. The molecular weight excluding hydrogens is 484 g/mol. The van der Waals surface area contributed by atoms with Crippen molar-refractivity contribution in [3.63, 3.8) is 0 Å². The lowest BCUT2D eigenvalue weighted by molar-refractivity contribution is -0.00896. The van der Waals surface area contributed by atoms with Crippen molar-refractivity contribution in [3.8, 4) is 0 Å². The quantitative estimate of drug-likeness (QED) is 0.302. The highest BCUT2D eigenvalue weighted by Gasteiger charge is 2.21. The van der Waals surface area contributed by atoms with Gasteiger partial charge in [0, 0.05) is 57.3 Å². The molecule has 1 atom stereocenters. The summed E-state index contributed by atoms with van der Waals surface area (Å²) in [7, 11) is 3.68. The summed E-state index contributed by atoms with van der Waals surface area (Å²) in [4.78, 5) is 29.0. The molecule has 38 heavy (non-hydrogen) atoms. The normalized spacial score (nSPS) is 16.2. The maximum atomic E-state index is 13.0. The summed E-state index contributed by atoms with van der Waals surface area (Å²) in [5, 5.41) is 16.0. The first-order chi connectivity index (χ1) is 18.4. The lowest BCUT2D eigenvalue weighted by Crippen LogP contribution is -2.45. The monoisotopic (exact) mass is 518 g/mol. The van der Waals surface area contributed by atoms with Gasteiger partial charge in [-0.15, -0.1) is 0 Å². The number of aryl methyl sites for hydroxylation is 3. The summed E-state index contributed by atoms with van der Waals surface area (Å²) >= 11 is 0. The molecule has 12 heteroatoms. The first-order valence-electron chi connectivity index (χ1n) is 13.0. The first-order valence-corrected chi connectivity index (χ1v) is 13.0. The fraction of sp³-hybridized carbons (Fsp3) is 0.462. The molecule has 0 radical (unpaired) electrons. The van der Waals surface area contributed by atoms with Crippen LogP contribution in [0.4, 0.5) is 23.1 Å².